The van der Waals surface area contributed by atoms with Crippen LogP contribution in [0.15, 0.2) is 42.0 Å². The first kappa shape index (κ1) is 29.3. The zero-order valence-electron chi connectivity index (χ0n) is 21.2. The predicted octanol–water partition coefficient (Wildman–Crippen LogP) is 7.91. The molecule has 212 valence electrons. The van der Waals surface area contributed by atoms with E-state index in [1.807, 2.05) is 20.8 Å². The Morgan fingerprint density at radius 3 is 2.62 bits per heavy atom. The number of hydrogen-bond donors (Lipinski definition) is 1. The summed E-state index contributed by atoms with van der Waals surface area (Å²) in [5.74, 6) is -1.08. The first-order chi connectivity index (χ1) is 18.7. The number of ether oxygens (including phenoxy) is 2. The highest BCUT2D eigenvalue weighted by atomic mass is 35.5. The number of rotatable bonds is 8. The molecule has 0 bridgehead atoms. The number of amides is 1. The number of carbonyl (C=O) groups is 1. The maximum Gasteiger partial charge on any atom is 0.417 e. The number of alkyl halides is 5. The predicted molar refractivity (Wildman–Crippen MR) is 142 cm³/mol. The molecule has 0 saturated carbocycles. The van der Waals surface area contributed by atoms with Crippen molar-refractivity contribution in [3.8, 4) is 11.5 Å². The Morgan fingerprint density at radius 2 is 1.98 bits per heavy atom. The summed E-state index contributed by atoms with van der Waals surface area (Å²) in [5.41, 5.74) is -0.730. The Hall–Kier alpha value is -3.71. The molecule has 1 aromatic carbocycles. The molecule has 0 unspecified atom stereocenters. The zero-order chi connectivity index (χ0) is 29.2. The first-order valence-electron chi connectivity index (χ1n) is 11.6. The first-order valence-corrected chi connectivity index (χ1v) is 12.9. The van der Waals surface area contributed by atoms with Gasteiger partial charge in [-0.3, -0.25) is 9.20 Å². The van der Waals surface area contributed by atoms with E-state index in [1.165, 1.54) is 40.0 Å². The van der Waals surface area contributed by atoms with Gasteiger partial charge in [0.05, 0.1) is 22.9 Å². The van der Waals surface area contributed by atoms with Crippen molar-refractivity contribution in [3.63, 3.8) is 0 Å². The number of anilines is 1. The van der Waals surface area contributed by atoms with Gasteiger partial charge in [0.15, 0.2) is 22.3 Å². The van der Waals surface area contributed by atoms with Gasteiger partial charge in [-0.25, -0.2) is 9.97 Å². The van der Waals surface area contributed by atoms with E-state index < -0.39 is 29.3 Å². The summed E-state index contributed by atoms with van der Waals surface area (Å²) in [4.78, 5) is 21.8. The molecule has 0 atom stereocenters. The van der Waals surface area contributed by atoms with E-state index in [0.29, 0.717) is 22.8 Å². The lowest BCUT2D eigenvalue weighted by Gasteiger charge is -2.21. The van der Waals surface area contributed by atoms with E-state index in [0.717, 1.165) is 0 Å². The molecule has 0 spiro atoms. The fourth-order valence-corrected chi connectivity index (χ4v) is 4.40. The van der Waals surface area contributed by atoms with Crippen molar-refractivity contribution in [2.24, 2.45) is 5.41 Å². The summed E-state index contributed by atoms with van der Waals surface area (Å²) < 4.78 is 77.0. The molecule has 0 aliphatic heterocycles. The highest BCUT2D eigenvalue weighted by molar-refractivity contribution is 7.15. The lowest BCUT2D eigenvalue weighted by molar-refractivity contribution is -0.137. The van der Waals surface area contributed by atoms with Gasteiger partial charge in [0.1, 0.15) is 5.69 Å². The van der Waals surface area contributed by atoms with Crippen molar-refractivity contribution < 1.29 is 36.2 Å². The summed E-state index contributed by atoms with van der Waals surface area (Å²) in [6, 6.07) is 5.15. The van der Waals surface area contributed by atoms with Crippen LogP contribution in [0.1, 0.15) is 48.1 Å². The van der Waals surface area contributed by atoms with Gasteiger partial charge in [0, 0.05) is 23.3 Å². The fourth-order valence-electron chi connectivity index (χ4n) is 3.46. The summed E-state index contributed by atoms with van der Waals surface area (Å²) in [5, 5.41) is 3.72. The highest BCUT2D eigenvalue weighted by Gasteiger charge is 2.32. The number of hydrogen-bond acceptors (Lipinski definition) is 6. The van der Waals surface area contributed by atoms with Crippen LogP contribution in [0.5, 0.6) is 11.5 Å². The van der Waals surface area contributed by atoms with Crippen LogP contribution in [0.25, 0.3) is 17.1 Å². The third-order valence-corrected chi connectivity index (χ3v) is 6.25. The topological polar surface area (TPSA) is 77.8 Å². The van der Waals surface area contributed by atoms with E-state index in [2.05, 4.69) is 20.0 Å². The third kappa shape index (κ3) is 6.89. The molecular weight excluding hydrogens is 579 g/mol. The Bertz CT molecular complexity index is 1560. The molecule has 14 heteroatoms. The van der Waals surface area contributed by atoms with Crippen LogP contribution in [0, 0.1) is 5.41 Å². The molecule has 0 aliphatic carbocycles. The van der Waals surface area contributed by atoms with E-state index >= 15 is 0 Å². The van der Waals surface area contributed by atoms with Gasteiger partial charge in [-0.15, -0.1) is 11.3 Å². The highest BCUT2D eigenvalue weighted by Crippen LogP contribution is 2.36. The van der Waals surface area contributed by atoms with Crippen molar-refractivity contribution in [1.82, 2.24) is 14.4 Å². The van der Waals surface area contributed by atoms with Crippen molar-refractivity contribution in [3.05, 3.63) is 69.6 Å². The van der Waals surface area contributed by atoms with Gasteiger partial charge < -0.3 is 14.8 Å². The average Bonchev–Trinajstić information content (AvgIpc) is 3.42. The largest absolute Gasteiger partial charge is 0.489 e. The van der Waals surface area contributed by atoms with Crippen LogP contribution in [0.4, 0.5) is 27.8 Å². The smallest absolute Gasteiger partial charge is 0.417 e. The fraction of sp³-hybridized carbons (Fsp3) is 0.269. The number of nitrogens with one attached hydrogen (secondary N) is 1. The second-order valence-corrected chi connectivity index (χ2v) is 10.9. The van der Waals surface area contributed by atoms with Gasteiger partial charge >= 0.3 is 12.8 Å². The van der Waals surface area contributed by atoms with Gasteiger partial charge in [-0.05, 0) is 29.7 Å². The number of fused-ring (bicyclic) bond motifs is 1. The van der Waals surface area contributed by atoms with E-state index in [4.69, 9.17) is 16.3 Å². The number of halogens is 6. The van der Waals surface area contributed by atoms with Gasteiger partial charge in [-0.2, -0.15) is 22.0 Å². The maximum absolute atomic E-state index is 13.3. The zero-order valence-corrected chi connectivity index (χ0v) is 22.8. The molecule has 3 aromatic heterocycles. The molecule has 40 heavy (non-hydrogen) atoms. The van der Waals surface area contributed by atoms with Crippen molar-refractivity contribution >= 4 is 51.8 Å². The lowest BCUT2D eigenvalue weighted by atomic mass is 9.98. The number of pyridine rings is 1. The van der Waals surface area contributed by atoms with Gasteiger partial charge in [-0.1, -0.05) is 44.5 Å². The summed E-state index contributed by atoms with van der Waals surface area (Å²) >= 11 is 7.20. The molecule has 3 heterocycles. The molecule has 0 fully saturated rings. The van der Waals surface area contributed by atoms with Crippen molar-refractivity contribution in [2.45, 2.75) is 33.6 Å². The Kier molecular flexibility index (Phi) is 8.36. The van der Waals surface area contributed by atoms with E-state index in [1.54, 1.807) is 17.6 Å². The molecule has 7 nitrogen and oxygen atoms in total. The van der Waals surface area contributed by atoms with E-state index in [-0.39, 0.29) is 40.7 Å². The van der Waals surface area contributed by atoms with Gasteiger partial charge in [0.2, 0.25) is 0 Å². The van der Waals surface area contributed by atoms with Crippen LogP contribution in [0.2, 0.25) is 5.02 Å². The van der Waals surface area contributed by atoms with Crippen LogP contribution in [-0.2, 0) is 6.18 Å². The molecular formula is C26H22ClF5N4O3S. The number of carbonyl (C=O) groups excluding carboxylic acids is 1. The summed E-state index contributed by atoms with van der Waals surface area (Å²) in [6.07, 6.45) is 0.520. The maximum atomic E-state index is 13.3. The third-order valence-electron chi connectivity index (χ3n) is 5.20. The number of benzene rings is 1. The number of aromatic nitrogens is 3. The molecule has 1 amide bonds. The number of imidazole rings is 1. The Balaban J connectivity index is 1.69. The standard InChI is InChI=1S/C26H22ClF5N4O3S/c1-25(2,3)13-38-20-14(5-4-6-18(20)39-23(28)29)7-8-17-19(36-9-10-40-24(36)34-17)22(37)35-21-16(27)11-15(12-33-21)26(30,31)32/h4-12,23H,13H2,1-3H3,(H,33,35,37)/b8-7+. The van der Waals surface area contributed by atoms with Crippen molar-refractivity contribution in [2.75, 3.05) is 11.9 Å². The normalized spacial score (nSPS) is 12.4. The van der Waals surface area contributed by atoms with Crippen LogP contribution in [-0.4, -0.2) is 33.5 Å². The van der Waals surface area contributed by atoms with Crippen LogP contribution in [0.3, 0.4) is 0 Å². The number of thiazole rings is 1. The minimum Gasteiger partial charge on any atom is -0.489 e. The molecule has 1 N–H and O–H groups in total. The van der Waals surface area contributed by atoms with Crippen molar-refractivity contribution in [1.29, 1.82) is 0 Å². The molecule has 4 aromatic rings. The molecule has 0 saturated heterocycles. The minimum atomic E-state index is -4.65. The van der Waals surface area contributed by atoms with Crippen LogP contribution < -0.4 is 14.8 Å². The minimum absolute atomic E-state index is 0.0439. The number of nitrogens with zero attached hydrogens (tertiary/aromatic N) is 3. The van der Waals surface area contributed by atoms with E-state index in [9.17, 15) is 26.7 Å². The molecule has 0 radical (unpaired) electrons. The number of para-hydroxylation sites is 1. The van der Waals surface area contributed by atoms with Crippen LogP contribution >= 0.6 is 22.9 Å². The quantitative estimate of drug-likeness (QED) is 0.208. The van der Waals surface area contributed by atoms with Gasteiger partial charge in [0.25, 0.3) is 5.91 Å². The second-order valence-electron chi connectivity index (χ2n) is 9.64. The second kappa shape index (κ2) is 11.4. The lowest BCUT2D eigenvalue weighted by Crippen LogP contribution is -2.18. The molecule has 0 aliphatic rings. The average molecular weight is 601 g/mol. The summed E-state index contributed by atoms with van der Waals surface area (Å²) in [7, 11) is 0. The Morgan fingerprint density at radius 1 is 1.23 bits per heavy atom. The SMILES string of the molecule is CC(C)(C)COc1c(/C=C/c2nc3sccn3c2C(=O)Nc2ncc(C(F)(F)F)cc2Cl)cccc1OC(F)F. The monoisotopic (exact) mass is 600 g/mol. The summed E-state index contributed by atoms with van der Waals surface area (Å²) in [6.45, 7) is 2.88. The Labute approximate surface area is 234 Å². The molecule has 4 rings (SSSR count).